The predicted molar refractivity (Wildman–Crippen MR) is 45.9 cm³/mol. The molecule has 0 fully saturated rings. The van der Waals surface area contributed by atoms with Crippen molar-refractivity contribution in [3.63, 3.8) is 0 Å². The Kier molecular flexibility index (Phi) is 2.45. The van der Waals surface area contributed by atoms with Crippen LogP contribution in [0.4, 0.5) is 13.2 Å². The van der Waals surface area contributed by atoms with E-state index in [4.69, 9.17) is 0 Å². The van der Waals surface area contributed by atoms with Gasteiger partial charge in [-0.1, -0.05) is 12.7 Å². The van der Waals surface area contributed by atoms with Gasteiger partial charge in [-0.2, -0.15) is 0 Å². The van der Waals surface area contributed by atoms with E-state index in [1.165, 1.54) is 19.9 Å². The van der Waals surface area contributed by atoms with Gasteiger partial charge in [-0.25, -0.2) is 13.2 Å². The van der Waals surface area contributed by atoms with Gasteiger partial charge in [0.05, 0.1) is 0 Å². The molecule has 13 heavy (non-hydrogen) atoms. The van der Waals surface area contributed by atoms with E-state index in [0.717, 1.165) is 0 Å². The zero-order chi connectivity index (χ0) is 10.2. The zero-order valence-corrected chi connectivity index (χ0v) is 7.42. The highest BCUT2D eigenvalue weighted by molar-refractivity contribution is 5.54. The van der Waals surface area contributed by atoms with Crippen molar-refractivity contribution < 1.29 is 13.2 Å². The molecular formula is C10H9F3. The van der Waals surface area contributed by atoms with Crippen molar-refractivity contribution in [2.75, 3.05) is 0 Å². The zero-order valence-electron chi connectivity index (χ0n) is 7.42. The van der Waals surface area contributed by atoms with Gasteiger partial charge >= 0.3 is 0 Å². The van der Waals surface area contributed by atoms with Crippen LogP contribution in [0.25, 0.3) is 6.08 Å². The van der Waals surface area contributed by atoms with E-state index in [2.05, 4.69) is 6.58 Å². The molecule has 1 aromatic carbocycles. The average molecular weight is 186 g/mol. The minimum absolute atomic E-state index is 0.0244. The third kappa shape index (κ3) is 1.34. The van der Waals surface area contributed by atoms with Crippen molar-refractivity contribution in [3.05, 3.63) is 40.7 Å². The molecule has 0 aliphatic carbocycles. The van der Waals surface area contributed by atoms with Gasteiger partial charge < -0.3 is 0 Å². The highest BCUT2D eigenvalue weighted by atomic mass is 19.2. The van der Waals surface area contributed by atoms with E-state index >= 15 is 0 Å². The first-order valence-electron chi connectivity index (χ1n) is 3.76. The summed E-state index contributed by atoms with van der Waals surface area (Å²) >= 11 is 0. The lowest BCUT2D eigenvalue weighted by molar-refractivity contribution is 0.479. The van der Waals surface area contributed by atoms with Crippen molar-refractivity contribution in [2.24, 2.45) is 0 Å². The van der Waals surface area contributed by atoms with Gasteiger partial charge in [0, 0.05) is 11.1 Å². The maximum absolute atomic E-state index is 13.2. The molecule has 0 N–H and O–H groups in total. The topological polar surface area (TPSA) is 0 Å². The standard InChI is InChI=1S/C10H9F3/c1-4-7-5(2)9(12)10(13)6(3)8(7)11/h4H,1H2,2-3H3. The Hall–Kier alpha value is -1.25. The molecule has 0 radical (unpaired) electrons. The van der Waals surface area contributed by atoms with Crippen LogP contribution in [-0.4, -0.2) is 0 Å². The summed E-state index contributed by atoms with van der Waals surface area (Å²) in [5.74, 6) is -2.87. The second kappa shape index (κ2) is 3.24. The van der Waals surface area contributed by atoms with Gasteiger partial charge in [0.15, 0.2) is 11.6 Å². The summed E-state index contributed by atoms with van der Waals surface area (Å²) in [5.41, 5.74) is -0.329. The molecule has 0 saturated heterocycles. The Balaban J connectivity index is 3.66. The molecule has 0 nitrogen and oxygen atoms in total. The fraction of sp³-hybridized carbons (Fsp3) is 0.200. The smallest absolute Gasteiger partial charge is 0.164 e. The number of hydrogen-bond acceptors (Lipinski definition) is 0. The predicted octanol–water partition coefficient (Wildman–Crippen LogP) is 3.36. The van der Waals surface area contributed by atoms with Gasteiger partial charge in [-0.05, 0) is 19.4 Å². The number of benzene rings is 1. The van der Waals surface area contributed by atoms with E-state index in [0.29, 0.717) is 0 Å². The van der Waals surface area contributed by atoms with Crippen LogP contribution in [-0.2, 0) is 0 Å². The lowest BCUT2D eigenvalue weighted by atomic mass is 10.0. The quantitative estimate of drug-likeness (QED) is 0.590. The van der Waals surface area contributed by atoms with Crippen molar-refractivity contribution in [3.8, 4) is 0 Å². The van der Waals surface area contributed by atoms with Crippen LogP contribution < -0.4 is 0 Å². The monoisotopic (exact) mass is 186 g/mol. The molecule has 0 bridgehead atoms. The molecule has 1 rings (SSSR count). The van der Waals surface area contributed by atoms with Crippen LogP contribution >= 0.6 is 0 Å². The lowest BCUT2D eigenvalue weighted by Gasteiger charge is -2.08. The molecule has 70 valence electrons. The maximum Gasteiger partial charge on any atom is 0.164 e. The molecule has 0 unspecified atom stereocenters. The van der Waals surface area contributed by atoms with Crippen molar-refractivity contribution in [1.82, 2.24) is 0 Å². The Labute approximate surface area is 74.7 Å². The Morgan fingerprint density at radius 1 is 0.923 bits per heavy atom. The van der Waals surface area contributed by atoms with E-state index in [1.54, 1.807) is 0 Å². The van der Waals surface area contributed by atoms with Crippen molar-refractivity contribution >= 4 is 6.08 Å². The van der Waals surface area contributed by atoms with Crippen LogP contribution in [0, 0.1) is 31.3 Å². The molecule has 0 aromatic heterocycles. The van der Waals surface area contributed by atoms with E-state index in [1.807, 2.05) is 0 Å². The minimum Gasteiger partial charge on any atom is -0.206 e. The maximum atomic E-state index is 13.2. The largest absolute Gasteiger partial charge is 0.206 e. The fourth-order valence-corrected chi connectivity index (χ4v) is 1.15. The van der Waals surface area contributed by atoms with Gasteiger partial charge in [-0.15, -0.1) is 0 Å². The molecule has 1 aromatic rings. The summed E-state index contributed by atoms with van der Waals surface area (Å²) in [6.45, 7) is 5.85. The SMILES string of the molecule is C=Cc1c(C)c(F)c(F)c(C)c1F. The lowest BCUT2D eigenvalue weighted by Crippen LogP contribution is -2.01. The normalized spacial score (nSPS) is 10.2. The van der Waals surface area contributed by atoms with Crippen LogP contribution in [0.1, 0.15) is 16.7 Å². The van der Waals surface area contributed by atoms with Gasteiger partial charge in [0.25, 0.3) is 0 Å². The fourth-order valence-electron chi connectivity index (χ4n) is 1.15. The van der Waals surface area contributed by atoms with Crippen LogP contribution in [0.15, 0.2) is 6.58 Å². The second-order valence-corrected chi connectivity index (χ2v) is 2.81. The highest BCUT2D eigenvalue weighted by Crippen LogP contribution is 2.24. The Morgan fingerprint density at radius 3 is 1.85 bits per heavy atom. The van der Waals surface area contributed by atoms with Crippen LogP contribution in [0.5, 0.6) is 0 Å². The Bertz CT molecular complexity index is 338. The summed E-state index contributed by atoms with van der Waals surface area (Å²) in [5, 5.41) is 0. The summed E-state index contributed by atoms with van der Waals surface area (Å²) in [4.78, 5) is 0. The first-order chi connectivity index (χ1) is 6.00. The van der Waals surface area contributed by atoms with Crippen LogP contribution in [0.2, 0.25) is 0 Å². The molecule has 0 saturated carbocycles. The van der Waals surface area contributed by atoms with Crippen molar-refractivity contribution in [1.29, 1.82) is 0 Å². The number of rotatable bonds is 1. The van der Waals surface area contributed by atoms with Gasteiger partial charge in [-0.3, -0.25) is 0 Å². The highest BCUT2D eigenvalue weighted by Gasteiger charge is 2.17. The number of hydrogen-bond donors (Lipinski definition) is 0. The molecule has 3 heteroatoms. The summed E-state index contributed by atoms with van der Waals surface area (Å²) in [6, 6.07) is 0. The molecule has 0 heterocycles. The first-order valence-corrected chi connectivity index (χ1v) is 3.76. The summed E-state index contributed by atoms with van der Waals surface area (Å²) in [6.07, 6.45) is 1.18. The Morgan fingerprint density at radius 2 is 1.38 bits per heavy atom. The average Bonchev–Trinajstić information content (AvgIpc) is 2.13. The van der Waals surface area contributed by atoms with E-state index < -0.39 is 17.5 Å². The molecule has 0 spiro atoms. The molecule has 0 atom stereocenters. The van der Waals surface area contributed by atoms with E-state index in [-0.39, 0.29) is 16.7 Å². The molecular weight excluding hydrogens is 177 g/mol. The third-order valence-corrected chi connectivity index (χ3v) is 2.03. The second-order valence-electron chi connectivity index (χ2n) is 2.81. The molecule has 0 aliphatic heterocycles. The number of halogens is 3. The van der Waals surface area contributed by atoms with Crippen LogP contribution in [0.3, 0.4) is 0 Å². The minimum atomic E-state index is -1.12. The van der Waals surface area contributed by atoms with E-state index in [9.17, 15) is 13.2 Å². The first kappa shape index (κ1) is 9.84. The third-order valence-electron chi connectivity index (χ3n) is 2.03. The van der Waals surface area contributed by atoms with Gasteiger partial charge in [0.1, 0.15) is 5.82 Å². The van der Waals surface area contributed by atoms with Crippen molar-refractivity contribution in [2.45, 2.75) is 13.8 Å². The summed E-state index contributed by atoms with van der Waals surface area (Å²) < 4.78 is 39.2. The molecule has 0 aliphatic rings. The van der Waals surface area contributed by atoms with Gasteiger partial charge in [0.2, 0.25) is 0 Å². The molecule has 0 amide bonds. The summed E-state index contributed by atoms with van der Waals surface area (Å²) in [7, 11) is 0.